The number of hydrogen-bond acceptors (Lipinski definition) is 2. The smallest absolute Gasteiger partial charge is 0.126 e. The SMILES string of the molecule is Fc1ccc2c(c1)OC1(CC2)CCN(Cc2ccccc2)CC1. The third kappa shape index (κ3) is 3.11. The van der Waals surface area contributed by atoms with Gasteiger partial charge in [-0.15, -0.1) is 0 Å². The molecule has 2 aromatic rings. The molecule has 2 heterocycles. The quantitative estimate of drug-likeness (QED) is 0.825. The van der Waals surface area contributed by atoms with E-state index in [0.29, 0.717) is 0 Å². The Hall–Kier alpha value is -1.87. The fourth-order valence-corrected chi connectivity index (χ4v) is 3.79. The summed E-state index contributed by atoms with van der Waals surface area (Å²) in [5.41, 5.74) is 2.41. The summed E-state index contributed by atoms with van der Waals surface area (Å²) in [6, 6.07) is 15.5. The fraction of sp³-hybridized carbons (Fsp3) is 0.400. The molecule has 23 heavy (non-hydrogen) atoms. The van der Waals surface area contributed by atoms with Gasteiger partial charge in [-0.1, -0.05) is 36.4 Å². The van der Waals surface area contributed by atoms with Crippen LogP contribution in [-0.4, -0.2) is 23.6 Å². The second-order valence-electron chi connectivity index (χ2n) is 6.80. The first-order valence-corrected chi connectivity index (χ1v) is 8.46. The Morgan fingerprint density at radius 1 is 1.00 bits per heavy atom. The number of aryl methyl sites for hydroxylation is 1. The van der Waals surface area contributed by atoms with Crippen molar-refractivity contribution in [2.45, 2.75) is 37.8 Å². The minimum absolute atomic E-state index is 0.0893. The zero-order chi connectivity index (χ0) is 15.7. The van der Waals surface area contributed by atoms with Crippen LogP contribution in [0.3, 0.4) is 0 Å². The zero-order valence-corrected chi connectivity index (χ0v) is 13.3. The molecule has 1 spiro atoms. The Labute approximate surface area is 136 Å². The second-order valence-corrected chi connectivity index (χ2v) is 6.80. The van der Waals surface area contributed by atoms with Gasteiger partial charge in [0, 0.05) is 25.7 Å². The van der Waals surface area contributed by atoms with Gasteiger partial charge >= 0.3 is 0 Å². The molecule has 120 valence electrons. The lowest BCUT2D eigenvalue weighted by molar-refractivity contribution is -0.0165. The molecule has 2 aliphatic rings. The summed E-state index contributed by atoms with van der Waals surface area (Å²) in [7, 11) is 0. The zero-order valence-electron chi connectivity index (χ0n) is 13.3. The van der Waals surface area contributed by atoms with E-state index in [1.807, 2.05) is 6.07 Å². The predicted octanol–water partition coefficient (Wildman–Crippen LogP) is 4.19. The summed E-state index contributed by atoms with van der Waals surface area (Å²) in [5, 5.41) is 0. The molecule has 2 aliphatic heterocycles. The number of piperidine rings is 1. The first-order valence-electron chi connectivity index (χ1n) is 8.46. The van der Waals surface area contributed by atoms with Crippen LogP contribution >= 0.6 is 0 Å². The highest BCUT2D eigenvalue weighted by molar-refractivity contribution is 5.37. The van der Waals surface area contributed by atoms with Crippen LogP contribution in [0.15, 0.2) is 48.5 Å². The first-order chi connectivity index (χ1) is 11.2. The van der Waals surface area contributed by atoms with Gasteiger partial charge in [-0.2, -0.15) is 0 Å². The average Bonchev–Trinajstić information content (AvgIpc) is 2.58. The number of nitrogens with zero attached hydrogens (tertiary/aromatic N) is 1. The van der Waals surface area contributed by atoms with E-state index in [0.717, 1.165) is 56.6 Å². The van der Waals surface area contributed by atoms with E-state index in [1.54, 1.807) is 6.07 Å². The van der Waals surface area contributed by atoms with Crippen molar-refractivity contribution in [3.8, 4) is 5.75 Å². The number of benzene rings is 2. The maximum absolute atomic E-state index is 13.5. The molecule has 0 saturated carbocycles. The van der Waals surface area contributed by atoms with Gasteiger partial charge in [-0.3, -0.25) is 4.90 Å². The largest absolute Gasteiger partial charge is 0.487 e. The predicted molar refractivity (Wildman–Crippen MR) is 89.0 cm³/mol. The van der Waals surface area contributed by atoms with Crippen molar-refractivity contribution in [1.82, 2.24) is 4.90 Å². The normalized spacial score (nSPS) is 20.0. The Bertz CT molecular complexity index is 677. The van der Waals surface area contributed by atoms with Crippen LogP contribution in [0.1, 0.15) is 30.4 Å². The molecular formula is C20H22FNO. The number of halogens is 1. The lowest BCUT2D eigenvalue weighted by Crippen LogP contribution is -2.49. The molecule has 2 nitrogen and oxygen atoms in total. The van der Waals surface area contributed by atoms with E-state index >= 15 is 0 Å². The molecule has 0 N–H and O–H groups in total. The molecule has 0 aromatic heterocycles. The molecule has 0 radical (unpaired) electrons. The van der Waals surface area contributed by atoms with Crippen molar-refractivity contribution >= 4 is 0 Å². The first kappa shape index (κ1) is 14.7. The highest BCUT2D eigenvalue weighted by Gasteiger charge is 2.39. The Morgan fingerprint density at radius 2 is 1.78 bits per heavy atom. The summed E-state index contributed by atoms with van der Waals surface area (Å²) >= 11 is 0. The Balaban J connectivity index is 1.41. The van der Waals surface area contributed by atoms with Crippen LogP contribution in [0.2, 0.25) is 0 Å². The molecule has 0 amide bonds. The monoisotopic (exact) mass is 311 g/mol. The lowest BCUT2D eigenvalue weighted by atomic mass is 9.83. The van der Waals surface area contributed by atoms with Gasteiger partial charge in [-0.05, 0) is 42.9 Å². The highest BCUT2D eigenvalue weighted by Crippen LogP contribution is 2.39. The molecular weight excluding hydrogens is 289 g/mol. The second kappa shape index (κ2) is 5.97. The summed E-state index contributed by atoms with van der Waals surface area (Å²) in [4.78, 5) is 2.49. The van der Waals surface area contributed by atoms with Gasteiger partial charge in [0.25, 0.3) is 0 Å². The van der Waals surface area contributed by atoms with Crippen molar-refractivity contribution in [2.24, 2.45) is 0 Å². The minimum Gasteiger partial charge on any atom is -0.487 e. The van der Waals surface area contributed by atoms with Crippen molar-refractivity contribution in [1.29, 1.82) is 0 Å². The van der Waals surface area contributed by atoms with Crippen LogP contribution < -0.4 is 4.74 Å². The summed E-state index contributed by atoms with van der Waals surface area (Å²) in [6.45, 7) is 3.08. The van der Waals surface area contributed by atoms with E-state index < -0.39 is 0 Å². The van der Waals surface area contributed by atoms with Gasteiger partial charge < -0.3 is 4.74 Å². The number of fused-ring (bicyclic) bond motifs is 1. The summed E-state index contributed by atoms with van der Waals surface area (Å²) in [6.07, 6.45) is 4.09. The number of hydrogen-bond donors (Lipinski definition) is 0. The third-order valence-electron chi connectivity index (χ3n) is 5.22. The standard InChI is InChI=1S/C20H22FNO/c21-18-7-6-17-8-9-20(23-19(17)14-18)10-12-22(13-11-20)15-16-4-2-1-3-5-16/h1-7,14H,8-13,15H2. The van der Waals surface area contributed by atoms with Crippen molar-refractivity contribution < 1.29 is 9.13 Å². The van der Waals surface area contributed by atoms with E-state index in [1.165, 1.54) is 11.6 Å². The van der Waals surface area contributed by atoms with Gasteiger partial charge in [0.05, 0.1) is 0 Å². The number of ether oxygens (including phenoxy) is 1. The average molecular weight is 311 g/mol. The fourth-order valence-electron chi connectivity index (χ4n) is 3.79. The molecule has 3 heteroatoms. The van der Waals surface area contributed by atoms with Gasteiger partial charge in [0.1, 0.15) is 17.2 Å². The molecule has 1 fully saturated rings. The topological polar surface area (TPSA) is 12.5 Å². The van der Waals surface area contributed by atoms with E-state index in [9.17, 15) is 4.39 Å². The maximum Gasteiger partial charge on any atom is 0.126 e. The van der Waals surface area contributed by atoms with Crippen LogP contribution in [0.4, 0.5) is 4.39 Å². The molecule has 0 unspecified atom stereocenters. The highest BCUT2D eigenvalue weighted by atomic mass is 19.1. The molecule has 0 atom stereocenters. The van der Waals surface area contributed by atoms with E-state index in [2.05, 4.69) is 35.2 Å². The van der Waals surface area contributed by atoms with Crippen LogP contribution in [0.25, 0.3) is 0 Å². The molecule has 0 bridgehead atoms. The summed E-state index contributed by atoms with van der Waals surface area (Å²) < 4.78 is 19.7. The third-order valence-corrected chi connectivity index (χ3v) is 5.22. The van der Waals surface area contributed by atoms with Crippen molar-refractivity contribution in [2.75, 3.05) is 13.1 Å². The molecule has 2 aromatic carbocycles. The van der Waals surface area contributed by atoms with Crippen LogP contribution in [0.5, 0.6) is 5.75 Å². The van der Waals surface area contributed by atoms with Crippen LogP contribution in [0, 0.1) is 5.82 Å². The van der Waals surface area contributed by atoms with Gasteiger partial charge in [0.2, 0.25) is 0 Å². The number of rotatable bonds is 2. The Kier molecular flexibility index (Phi) is 3.82. The lowest BCUT2D eigenvalue weighted by Gasteiger charge is -2.44. The molecule has 4 rings (SSSR count). The van der Waals surface area contributed by atoms with Crippen molar-refractivity contribution in [3.05, 3.63) is 65.5 Å². The maximum atomic E-state index is 13.5. The van der Waals surface area contributed by atoms with Crippen LogP contribution in [-0.2, 0) is 13.0 Å². The summed E-state index contributed by atoms with van der Waals surface area (Å²) in [5.74, 6) is 0.551. The van der Waals surface area contributed by atoms with E-state index in [-0.39, 0.29) is 11.4 Å². The molecule has 0 aliphatic carbocycles. The van der Waals surface area contributed by atoms with Crippen molar-refractivity contribution in [3.63, 3.8) is 0 Å². The van der Waals surface area contributed by atoms with E-state index in [4.69, 9.17) is 4.74 Å². The molecule has 1 saturated heterocycles. The van der Waals surface area contributed by atoms with Gasteiger partial charge in [0.15, 0.2) is 0 Å². The Morgan fingerprint density at radius 3 is 2.57 bits per heavy atom. The van der Waals surface area contributed by atoms with Gasteiger partial charge in [-0.25, -0.2) is 4.39 Å². The minimum atomic E-state index is -0.206. The number of likely N-dealkylation sites (tertiary alicyclic amines) is 1.